The van der Waals surface area contributed by atoms with E-state index in [1.165, 1.54) is 0 Å². The molecule has 96 valence electrons. The second kappa shape index (κ2) is 6.20. The van der Waals surface area contributed by atoms with Crippen LogP contribution in [0.15, 0.2) is 22.6 Å². The van der Waals surface area contributed by atoms with Gasteiger partial charge in [0.05, 0.1) is 11.3 Å². The normalized spacial score (nSPS) is 10.2. The number of carbonyl (C=O) groups is 2. The molecule has 0 heterocycles. The number of hydrogen-bond donors (Lipinski definition) is 2. The van der Waals surface area contributed by atoms with Crippen LogP contribution in [-0.2, 0) is 18.8 Å². The summed E-state index contributed by atoms with van der Waals surface area (Å²) in [5.74, 6) is -0.137. The molecule has 0 fully saturated rings. The maximum absolute atomic E-state index is 11.2. The molecule has 0 radical (unpaired) electrons. The number of benzene rings is 1. The van der Waals surface area contributed by atoms with Crippen LogP contribution in [0.1, 0.15) is 29.8 Å². The smallest absolute Gasteiger partial charge is 0.356 e. The average molecular weight is 265 g/mol. The fourth-order valence-corrected chi connectivity index (χ4v) is 1.69. The first-order chi connectivity index (χ1) is 8.43. The molecule has 5 nitrogen and oxygen atoms in total. The molecule has 0 unspecified atom stereocenters. The zero-order chi connectivity index (χ0) is 13.7. The minimum atomic E-state index is -0.686. The molecule has 0 spiro atoms. The topological polar surface area (TPSA) is 84.5 Å². The highest BCUT2D eigenvalue weighted by atomic mass is 32.1. The van der Waals surface area contributed by atoms with Crippen LogP contribution >= 0.6 is 0 Å². The Labute approximate surface area is 111 Å². The maximum atomic E-state index is 11.2. The van der Waals surface area contributed by atoms with Crippen LogP contribution in [0.4, 0.5) is 10.5 Å². The molecular weight excluding hydrogens is 250 g/mol. The van der Waals surface area contributed by atoms with Gasteiger partial charge in [0.15, 0.2) is 0 Å². The summed E-state index contributed by atoms with van der Waals surface area (Å²) in [6, 6.07) is 4.45. The van der Waals surface area contributed by atoms with Crippen LogP contribution in [0.3, 0.4) is 0 Å². The number of carbonyl (C=O) groups excluding carboxylic acids is 2. The van der Waals surface area contributed by atoms with Gasteiger partial charge in [-0.2, -0.15) is 0 Å². The van der Waals surface area contributed by atoms with E-state index >= 15 is 0 Å². The lowest BCUT2D eigenvalue weighted by Gasteiger charge is -2.10. The number of rotatable bonds is 4. The summed E-state index contributed by atoms with van der Waals surface area (Å²) in [6.45, 7) is 4.16. The third-order valence-corrected chi connectivity index (χ3v) is 2.48. The fourth-order valence-electron chi connectivity index (χ4n) is 1.65. The highest BCUT2D eigenvalue weighted by Gasteiger charge is 2.11. The summed E-state index contributed by atoms with van der Waals surface area (Å²) < 4.78 is 3.06. The number of anilines is 1. The molecule has 0 saturated carbocycles. The molecule has 0 bridgehead atoms. The van der Waals surface area contributed by atoms with E-state index in [1.807, 2.05) is 6.07 Å². The van der Waals surface area contributed by atoms with Gasteiger partial charge in [-0.15, -0.1) is 4.36 Å². The van der Waals surface area contributed by atoms with Gasteiger partial charge < -0.3 is 11.1 Å². The van der Waals surface area contributed by atoms with Gasteiger partial charge in [-0.25, -0.2) is 4.79 Å². The van der Waals surface area contributed by atoms with E-state index in [1.54, 1.807) is 12.1 Å². The number of nitrogens with one attached hydrogen (secondary N) is 1. The Kier molecular flexibility index (Phi) is 4.91. The largest absolute Gasteiger partial charge is 0.366 e. The number of nitrogens with zero attached hydrogens (tertiary/aromatic N) is 1. The zero-order valence-corrected chi connectivity index (χ0v) is 11.1. The number of hydrogen-bond acceptors (Lipinski definition) is 3. The van der Waals surface area contributed by atoms with E-state index in [9.17, 15) is 9.59 Å². The Balaban J connectivity index is 3.10. The molecule has 0 aliphatic heterocycles. The summed E-state index contributed by atoms with van der Waals surface area (Å²) >= 11 is 4.28. The minimum absolute atomic E-state index is 0.245. The lowest BCUT2D eigenvalue weighted by Crippen LogP contribution is -2.16. The molecule has 6 heteroatoms. The Morgan fingerprint density at radius 2 is 2.11 bits per heavy atom. The molecule has 0 atom stereocenters. The first-order valence-electron chi connectivity index (χ1n) is 5.51. The highest BCUT2D eigenvalue weighted by molar-refractivity contribution is 7.47. The molecular formula is C12H15N3O2S. The van der Waals surface area contributed by atoms with E-state index in [0.29, 0.717) is 11.6 Å². The van der Waals surface area contributed by atoms with Crippen molar-refractivity contribution < 1.29 is 9.59 Å². The van der Waals surface area contributed by atoms with Crippen LogP contribution in [-0.4, -0.2) is 11.9 Å². The molecule has 0 aliphatic carbocycles. The van der Waals surface area contributed by atoms with Gasteiger partial charge in [0.2, 0.25) is 0 Å². The third kappa shape index (κ3) is 3.89. The Bertz CT molecular complexity index is 486. The molecule has 1 aromatic rings. The summed E-state index contributed by atoms with van der Waals surface area (Å²) in [6.07, 6.45) is 0.840. The molecule has 0 aliphatic rings. The predicted octanol–water partition coefficient (Wildman–Crippen LogP) is 2.25. The van der Waals surface area contributed by atoms with Crippen molar-refractivity contribution in [2.45, 2.75) is 20.3 Å². The molecule has 1 aromatic carbocycles. The van der Waals surface area contributed by atoms with Crippen molar-refractivity contribution in [3.8, 4) is 0 Å². The van der Waals surface area contributed by atoms with Crippen LogP contribution < -0.4 is 11.1 Å². The Morgan fingerprint density at radius 3 is 2.61 bits per heavy atom. The van der Waals surface area contributed by atoms with Crippen molar-refractivity contribution in [3.63, 3.8) is 0 Å². The molecule has 0 aromatic heterocycles. The van der Waals surface area contributed by atoms with Crippen LogP contribution in [0.25, 0.3) is 0 Å². The molecule has 0 saturated heterocycles. The van der Waals surface area contributed by atoms with Crippen molar-refractivity contribution in [2.75, 3.05) is 5.32 Å². The lowest BCUT2D eigenvalue weighted by atomic mass is 10.0. The molecule has 3 N–H and O–H groups in total. The first kappa shape index (κ1) is 14.2. The van der Waals surface area contributed by atoms with Gasteiger partial charge in [-0.1, -0.05) is 19.9 Å². The van der Waals surface area contributed by atoms with Gasteiger partial charge in [0, 0.05) is 12.4 Å². The fraction of sp³-hybridized carbons (Fsp3) is 0.333. The van der Waals surface area contributed by atoms with Crippen molar-refractivity contribution in [1.82, 2.24) is 0 Å². The van der Waals surface area contributed by atoms with Gasteiger partial charge >= 0.3 is 6.03 Å². The minimum Gasteiger partial charge on any atom is -0.366 e. The van der Waals surface area contributed by atoms with Crippen LogP contribution in [0, 0.1) is 5.92 Å². The highest BCUT2D eigenvalue weighted by Crippen LogP contribution is 2.20. The van der Waals surface area contributed by atoms with Gasteiger partial charge in [0.1, 0.15) is 0 Å². The summed E-state index contributed by atoms with van der Waals surface area (Å²) in [5, 5.41) is 2.44. The Hall–Kier alpha value is -1.82. The van der Waals surface area contributed by atoms with Crippen molar-refractivity contribution in [2.24, 2.45) is 16.0 Å². The summed E-state index contributed by atoms with van der Waals surface area (Å²) in [7, 11) is 0. The van der Waals surface area contributed by atoms with E-state index in [0.717, 1.165) is 12.0 Å². The van der Waals surface area contributed by atoms with E-state index < -0.39 is 11.9 Å². The molecule has 1 rings (SSSR count). The second-order valence-electron chi connectivity index (χ2n) is 4.36. The zero-order valence-electron chi connectivity index (χ0n) is 10.3. The molecule has 3 amide bonds. The standard InChI is InChI=1S/C12H15N3O2S/c1-7(2)5-8-3-4-9(11(13)16)10(6-8)14-12(17)15-18/h3-4,6-7H,5H2,1-2H3,(H2,13,16)(H,14,17). The third-order valence-electron chi connectivity index (χ3n) is 2.32. The van der Waals surface area contributed by atoms with Crippen LogP contribution in [0.2, 0.25) is 0 Å². The Morgan fingerprint density at radius 1 is 1.44 bits per heavy atom. The maximum Gasteiger partial charge on any atom is 0.356 e. The lowest BCUT2D eigenvalue weighted by molar-refractivity contribution is 0.100. The van der Waals surface area contributed by atoms with Gasteiger partial charge in [0.25, 0.3) is 5.91 Å². The van der Waals surface area contributed by atoms with E-state index in [2.05, 4.69) is 36.0 Å². The summed E-state index contributed by atoms with van der Waals surface area (Å²) in [4.78, 5) is 22.4. The van der Waals surface area contributed by atoms with Crippen molar-refractivity contribution in [3.05, 3.63) is 29.3 Å². The summed E-state index contributed by atoms with van der Waals surface area (Å²) in [5.41, 5.74) is 6.84. The first-order valence-corrected chi connectivity index (χ1v) is 5.87. The monoisotopic (exact) mass is 265 g/mol. The van der Waals surface area contributed by atoms with Gasteiger partial charge in [-0.3, -0.25) is 4.79 Å². The second-order valence-corrected chi connectivity index (χ2v) is 4.55. The number of urea groups is 1. The number of amides is 3. The van der Waals surface area contributed by atoms with E-state index in [-0.39, 0.29) is 5.56 Å². The van der Waals surface area contributed by atoms with E-state index in [4.69, 9.17) is 5.73 Å². The van der Waals surface area contributed by atoms with Crippen LogP contribution in [0.5, 0.6) is 0 Å². The SMILES string of the molecule is CC(C)Cc1ccc(C(N)=O)c(NC(=O)N=S)c1. The molecule has 18 heavy (non-hydrogen) atoms. The quantitative estimate of drug-likeness (QED) is 0.875. The van der Waals surface area contributed by atoms with Crippen molar-refractivity contribution >= 4 is 30.1 Å². The number of nitrogens with two attached hydrogens (primary N) is 1. The average Bonchev–Trinajstić information content (AvgIpc) is 2.27. The number of primary amides is 1. The van der Waals surface area contributed by atoms with Crippen molar-refractivity contribution in [1.29, 1.82) is 0 Å². The van der Waals surface area contributed by atoms with Gasteiger partial charge in [-0.05, 0) is 30.0 Å². The predicted molar refractivity (Wildman–Crippen MR) is 72.3 cm³/mol.